The summed E-state index contributed by atoms with van der Waals surface area (Å²) in [5.41, 5.74) is -0.0249. The molecule has 0 bridgehead atoms. The molecule has 2 fully saturated rings. The SMILES string of the molecule is O=C(CSCC(=O)N1CCOCC1)NCCCN1CCN(c2cccc(C(F)(F)F)c2)CC1. The van der Waals surface area contributed by atoms with E-state index in [1.54, 1.807) is 11.0 Å². The Morgan fingerprint density at radius 3 is 2.45 bits per heavy atom. The molecule has 2 aliphatic rings. The van der Waals surface area contributed by atoms with E-state index in [4.69, 9.17) is 4.74 Å². The van der Waals surface area contributed by atoms with E-state index in [2.05, 4.69) is 10.2 Å². The molecule has 0 aromatic heterocycles. The number of amides is 2. The predicted molar refractivity (Wildman–Crippen MR) is 122 cm³/mol. The lowest BCUT2D eigenvalue weighted by Crippen LogP contribution is -2.47. The van der Waals surface area contributed by atoms with E-state index in [1.165, 1.54) is 23.9 Å². The Morgan fingerprint density at radius 2 is 1.76 bits per heavy atom. The van der Waals surface area contributed by atoms with Gasteiger partial charge in [-0.2, -0.15) is 13.2 Å². The van der Waals surface area contributed by atoms with Crippen molar-refractivity contribution in [1.82, 2.24) is 15.1 Å². The predicted octanol–water partition coefficient (Wildman–Crippen LogP) is 1.93. The molecule has 2 aliphatic heterocycles. The van der Waals surface area contributed by atoms with E-state index in [0.29, 0.717) is 57.4 Å². The Hall–Kier alpha value is -1.98. The zero-order valence-electron chi connectivity index (χ0n) is 18.6. The van der Waals surface area contributed by atoms with Crippen LogP contribution in [0.15, 0.2) is 24.3 Å². The smallest absolute Gasteiger partial charge is 0.378 e. The third-order valence-corrected chi connectivity index (χ3v) is 6.62. The minimum absolute atomic E-state index is 0.0420. The van der Waals surface area contributed by atoms with E-state index < -0.39 is 11.7 Å². The van der Waals surface area contributed by atoms with Gasteiger partial charge in [0.2, 0.25) is 11.8 Å². The maximum absolute atomic E-state index is 12.9. The van der Waals surface area contributed by atoms with Crippen LogP contribution in [0.3, 0.4) is 0 Å². The molecule has 3 rings (SSSR count). The normalized spacial score (nSPS) is 17.8. The first-order chi connectivity index (χ1) is 15.8. The first-order valence-electron chi connectivity index (χ1n) is 11.2. The zero-order chi connectivity index (χ0) is 23.7. The lowest BCUT2D eigenvalue weighted by atomic mass is 10.1. The molecule has 2 saturated heterocycles. The number of carbonyl (C=O) groups excluding carboxylic acids is 2. The summed E-state index contributed by atoms with van der Waals surface area (Å²) in [5.74, 6) is 0.513. The molecule has 0 aliphatic carbocycles. The molecular formula is C22H31F3N4O3S. The highest BCUT2D eigenvalue weighted by molar-refractivity contribution is 8.00. The van der Waals surface area contributed by atoms with Gasteiger partial charge in [-0.05, 0) is 31.2 Å². The number of nitrogens with zero attached hydrogens (tertiary/aromatic N) is 3. The number of piperazine rings is 1. The van der Waals surface area contributed by atoms with Gasteiger partial charge in [0.1, 0.15) is 0 Å². The summed E-state index contributed by atoms with van der Waals surface area (Å²) in [4.78, 5) is 30.0. The molecule has 1 aromatic carbocycles. The van der Waals surface area contributed by atoms with E-state index in [0.717, 1.165) is 32.1 Å². The highest BCUT2D eigenvalue weighted by Crippen LogP contribution is 2.31. The summed E-state index contributed by atoms with van der Waals surface area (Å²) in [6.45, 7) is 6.61. The number of hydrogen-bond acceptors (Lipinski definition) is 6. The quantitative estimate of drug-likeness (QED) is 0.536. The van der Waals surface area contributed by atoms with Gasteiger partial charge < -0.3 is 19.9 Å². The van der Waals surface area contributed by atoms with Crippen LogP contribution in [-0.4, -0.2) is 98.7 Å². The maximum atomic E-state index is 12.9. The van der Waals surface area contributed by atoms with Gasteiger partial charge >= 0.3 is 6.18 Å². The first kappa shape index (κ1) is 25.6. The molecule has 0 radical (unpaired) electrons. The lowest BCUT2D eigenvalue weighted by Gasteiger charge is -2.36. The summed E-state index contributed by atoms with van der Waals surface area (Å²) in [6, 6.07) is 5.46. The van der Waals surface area contributed by atoms with Crippen LogP contribution in [0.1, 0.15) is 12.0 Å². The lowest BCUT2D eigenvalue weighted by molar-refractivity contribution is -0.137. The molecule has 33 heavy (non-hydrogen) atoms. The number of alkyl halides is 3. The summed E-state index contributed by atoms with van der Waals surface area (Å²) in [6.07, 6.45) is -3.54. The number of anilines is 1. The Balaban J connectivity index is 1.25. The number of nitrogens with one attached hydrogen (secondary N) is 1. The number of thioether (sulfide) groups is 1. The monoisotopic (exact) mass is 488 g/mol. The number of rotatable bonds is 9. The van der Waals surface area contributed by atoms with Crippen molar-refractivity contribution in [2.24, 2.45) is 0 Å². The highest BCUT2D eigenvalue weighted by atomic mass is 32.2. The largest absolute Gasteiger partial charge is 0.416 e. The third-order valence-electron chi connectivity index (χ3n) is 5.71. The Labute approximate surface area is 196 Å². The second-order valence-electron chi connectivity index (χ2n) is 8.07. The number of ether oxygens (including phenoxy) is 1. The van der Waals surface area contributed by atoms with Crippen molar-refractivity contribution in [3.05, 3.63) is 29.8 Å². The van der Waals surface area contributed by atoms with E-state index in [1.807, 2.05) is 4.90 Å². The van der Waals surface area contributed by atoms with Crippen molar-refractivity contribution in [2.45, 2.75) is 12.6 Å². The van der Waals surface area contributed by atoms with Crippen LogP contribution >= 0.6 is 11.8 Å². The Kier molecular flexibility index (Phi) is 9.69. The standard InChI is InChI=1S/C22H31F3N4O3S/c23-22(24,25)18-3-1-4-19(15-18)28-9-7-27(8-10-28)6-2-5-26-20(30)16-33-17-21(31)29-11-13-32-14-12-29/h1,3-4,15H,2,5-14,16-17H2,(H,26,30). The fraction of sp³-hybridized carbons (Fsp3) is 0.636. The number of halogens is 3. The van der Waals surface area contributed by atoms with Crippen molar-refractivity contribution in [3.63, 3.8) is 0 Å². The van der Waals surface area contributed by atoms with Gasteiger partial charge in [0.25, 0.3) is 0 Å². The van der Waals surface area contributed by atoms with E-state index in [-0.39, 0.29) is 17.6 Å². The van der Waals surface area contributed by atoms with E-state index >= 15 is 0 Å². The summed E-state index contributed by atoms with van der Waals surface area (Å²) < 4.78 is 44.0. The van der Waals surface area contributed by atoms with E-state index in [9.17, 15) is 22.8 Å². The van der Waals surface area contributed by atoms with Crippen LogP contribution < -0.4 is 10.2 Å². The fourth-order valence-electron chi connectivity index (χ4n) is 3.83. The van der Waals surface area contributed by atoms with Gasteiger partial charge in [0, 0.05) is 51.5 Å². The highest BCUT2D eigenvalue weighted by Gasteiger charge is 2.31. The summed E-state index contributed by atoms with van der Waals surface area (Å²) >= 11 is 1.32. The number of carbonyl (C=O) groups is 2. The minimum Gasteiger partial charge on any atom is -0.378 e. The molecule has 0 atom stereocenters. The third kappa shape index (κ3) is 8.38. The zero-order valence-corrected chi connectivity index (χ0v) is 19.4. The number of morpholine rings is 1. The van der Waals surface area contributed by atoms with Crippen LogP contribution in [0.4, 0.5) is 18.9 Å². The average molecular weight is 489 g/mol. The maximum Gasteiger partial charge on any atom is 0.416 e. The molecule has 11 heteroatoms. The van der Waals surface area contributed by atoms with Gasteiger partial charge in [0.05, 0.1) is 30.3 Å². The van der Waals surface area contributed by atoms with Crippen LogP contribution in [0.5, 0.6) is 0 Å². The molecule has 1 N–H and O–H groups in total. The molecule has 0 unspecified atom stereocenters. The Morgan fingerprint density at radius 1 is 1.03 bits per heavy atom. The van der Waals surface area contributed by atoms with Crippen molar-refractivity contribution >= 4 is 29.3 Å². The molecule has 184 valence electrons. The van der Waals surface area contributed by atoms with Gasteiger partial charge in [-0.25, -0.2) is 0 Å². The van der Waals surface area contributed by atoms with Gasteiger partial charge in [-0.1, -0.05) is 6.07 Å². The average Bonchev–Trinajstić information content (AvgIpc) is 2.82. The van der Waals surface area contributed by atoms with Gasteiger partial charge in [-0.15, -0.1) is 11.8 Å². The topological polar surface area (TPSA) is 65.1 Å². The molecule has 7 nitrogen and oxygen atoms in total. The summed E-state index contributed by atoms with van der Waals surface area (Å²) in [7, 11) is 0. The summed E-state index contributed by atoms with van der Waals surface area (Å²) in [5, 5.41) is 2.88. The first-order valence-corrected chi connectivity index (χ1v) is 12.3. The molecule has 0 saturated carbocycles. The van der Waals surface area contributed by atoms with Crippen molar-refractivity contribution in [1.29, 1.82) is 0 Å². The molecular weight excluding hydrogens is 457 g/mol. The van der Waals surface area contributed by atoms with Crippen LogP contribution in [-0.2, 0) is 20.5 Å². The van der Waals surface area contributed by atoms with Crippen molar-refractivity contribution < 1.29 is 27.5 Å². The second-order valence-corrected chi connectivity index (χ2v) is 9.05. The molecule has 0 spiro atoms. The van der Waals surface area contributed by atoms with Gasteiger partial charge in [-0.3, -0.25) is 14.5 Å². The molecule has 2 amide bonds. The number of hydrogen-bond donors (Lipinski definition) is 1. The van der Waals surface area contributed by atoms with Crippen molar-refractivity contribution in [3.8, 4) is 0 Å². The Bertz CT molecular complexity index is 782. The van der Waals surface area contributed by atoms with Crippen molar-refractivity contribution in [2.75, 3.05) is 82.0 Å². The second kappa shape index (κ2) is 12.5. The fourth-order valence-corrected chi connectivity index (χ4v) is 4.57. The minimum atomic E-state index is -4.33. The van der Waals surface area contributed by atoms with Gasteiger partial charge in [0.15, 0.2) is 0 Å². The molecule has 1 aromatic rings. The van der Waals surface area contributed by atoms with Crippen LogP contribution in [0, 0.1) is 0 Å². The van der Waals surface area contributed by atoms with Crippen LogP contribution in [0.2, 0.25) is 0 Å². The number of benzene rings is 1. The van der Waals surface area contributed by atoms with Crippen LogP contribution in [0.25, 0.3) is 0 Å². The molecule has 2 heterocycles.